The van der Waals surface area contributed by atoms with Gasteiger partial charge in [0.25, 0.3) is 0 Å². The lowest BCUT2D eigenvalue weighted by Gasteiger charge is -2.37. The molecule has 0 aromatic heterocycles. The van der Waals surface area contributed by atoms with Crippen molar-refractivity contribution in [1.29, 1.82) is 0 Å². The Labute approximate surface area is 132 Å². The van der Waals surface area contributed by atoms with Gasteiger partial charge in [0.2, 0.25) is 10.0 Å². The molecule has 0 aliphatic carbocycles. The van der Waals surface area contributed by atoms with Gasteiger partial charge in [-0.1, -0.05) is 23.7 Å². The number of nitrogens with zero attached hydrogens (tertiary/aromatic N) is 1. The molecule has 1 saturated heterocycles. The fourth-order valence-corrected chi connectivity index (χ4v) is 3.60. The highest BCUT2D eigenvalue weighted by Gasteiger charge is 2.24. The highest BCUT2D eigenvalue weighted by Crippen LogP contribution is 2.27. The number of likely N-dealkylation sites (tertiary alicyclic amines) is 1. The Morgan fingerprint density at radius 3 is 2.90 bits per heavy atom. The van der Waals surface area contributed by atoms with Gasteiger partial charge in [0.05, 0.1) is 6.26 Å². The van der Waals surface area contributed by atoms with E-state index in [1.807, 2.05) is 18.2 Å². The van der Waals surface area contributed by atoms with Crippen LogP contribution in [0.25, 0.3) is 0 Å². The highest BCUT2D eigenvalue weighted by molar-refractivity contribution is 7.88. The number of rotatable bonds is 5. The number of piperidine rings is 1. The maximum Gasteiger partial charge on any atom is 0.208 e. The molecule has 21 heavy (non-hydrogen) atoms. The van der Waals surface area contributed by atoms with E-state index >= 15 is 0 Å². The first-order valence-corrected chi connectivity index (χ1v) is 9.56. The van der Waals surface area contributed by atoms with Gasteiger partial charge in [0.1, 0.15) is 0 Å². The predicted molar refractivity (Wildman–Crippen MR) is 87.0 cm³/mol. The third-order valence-electron chi connectivity index (χ3n) is 4.06. The molecule has 6 heteroatoms. The summed E-state index contributed by atoms with van der Waals surface area (Å²) >= 11 is 6.06. The summed E-state index contributed by atoms with van der Waals surface area (Å²) < 4.78 is 25.0. The van der Waals surface area contributed by atoms with Crippen LogP contribution >= 0.6 is 11.6 Å². The van der Waals surface area contributed by atoms with Gasteiger partial charge in [-0.25, -0.2) is 13.1 Å². The van der Waals surface area contributed by atoms with E-state index < -0.39 is 10.0 Å². The molecule has 0 radical (unpaired) electrons. The summed E-state index contributed by atoms with van der Waals surface area (Å²) in [5.74, 6) is 0.370. The van der Waals surface area contributed by atoms with Crippen LogP contribution in [-0.4, -0.2) is 39.2 Å². The lowest BCUT2D eigenvalue weighted by atomic mass is 9.95. The second kappa shape index (κ2) is 7.09. The van der Waals surface area contributed by atoms with E-state index in [0.717, 1.165) is 31.0 Å². The Kier molecular flexibility index (Phi) is 5.66. The molecule has 1 aromatic rings. The maximum absolute atomic E-state index is 11.2. The van der Waals surface area contributed by atoms with E-state index in [0.29, 0.717) is 18.5 Å². The molecule has 1 fully saturated rings. The van der Waals surface area contributed by atoms with Gasteiger partial charge in [-0.2, -0.15) is 0 Å². The monoisotopic (exact) mass is 330 g/mol. The highest BCUT2D eigenvalue weighted by atomic mass is 35.5. The largest absolute Gasteiger partial charge is 0.296 e. The van der Waals surface area contributed by atoms with Crippen molar-refractivity contribution in [3.63, 3.8) is 0 Å². The van der Waals surface area contributed by atoms with Gasteiger partial charge >= 0.3 is 0 Å². The van der Waals surface area contributed by atoms with Crippen LogP contribution in [-0.2, 0) is 10.0 Å². The van der Waals surface area contributed by atoms with Crippen molar-refractivity contribution in [2.45, 2.75) is 25.8 Å². The van der Waals surface area contributed by atoms with Crippen LogP contribution < -0.4 is 4.72 Å². The average molecular weight is 331 g/mol. The summed E-state index contributed by atoms with van der Waals surface area (Å²) in [6.07, 6.45) is 3.38. The standard InChI is InChI=1S/C15H23ClN2O2S/c1-12(14-6-3-7-15(16)9-14)18-8-4-5-13(11-18)10-17-21(2,19)20/h3,6-7,9,12-13,17H,4-5,8,10-11H2,1-2H3/t12-,13-/m0/s1. The van der Waals surface area contributed by atoms with E-state index in [2.05, 4.69) is 22.6 Å². The summed E-state index contributed by atoms with van der Waals surface area (Å²) in [4.78, 5) is 2.41. The van der Waals surface area contributed by atoms with E-state index in [1.165, 1.54) is 11.8 Å². The van der Waals surface area contributed by atoms with Crippen molar-refractivity contribution < 1.29 is 8.42 Å². The Hall–Kier alpha value is -0.620. The van der Waals surface area contributed by atoms with Gasteiger partial charge in [-0.3, -0.25) is 4.90 Å². The molecule has 118 valence electrons. The molecule has 4 nitrogen and oxygen atoms in total. The second-order valence-electron chi connectivity index (χ2n) is 5.85. The fourth-order valence-electron chi connectivity index (χ4n) is 2.86. The molecule has 0 saturated carbocycles. The average Bonchev–Trinajstić information content (AvgIpc) is 2.44. The first-order valence-electron chi connectivity index (χ1n) is 7.29. The topological polar surface area (TPSA) is 49.4 Å². The van der Waals surface area contributed by atoms with Crippen molar-refractivity contribution in [2.75, 3.05) is 25.9 Å². The van der Waals surface area contributed by atoms with E-state index in [9.17, 15) is 8.42 Å². The van der Waals surface area contributed by atoms with Crippen LogP contribution in [0.3, 0.4) is 0 Å². The van der Waals surface area contributed by atoms with Gasteiger partial charge in [0, 0.05) is 24.2 Å². The zero-order valence-electron chi connectivity index (χ0n) is 12.5. The van der Waals surface area contributed by atoms with E-state index in [1.54, 1.807) is 0 Å². The zero-order valence-corrected chi connectivity index (χ0v) is 14.1. The van der Waals surface area contributed by atoms with Crippen molar-refractivity contribution in [3.05, 3.63) is 34.9 Å². The fraction of sp³-hybridized carbons (Fsp3) is 0.600. The summed E-state index contributed by atoms with van der Waals surface area (Å²) in [6.45, 7) is 4.66. The molecule has 1 aliphatic rings. The SMILES string of the molecule is C[C@@H](c1cccc(Cl)c1)N1CCC[C@@H](CNS(C)(=O)=O)C1. The maximum atomic E-state index is 11.2. The Bertz CT molecular complexity index is 577. The van der Waals surface area contributed by atoms with Crippen LogP contribution in [0.5, 0.6) is 0 Å². The molecule has 1 aliphatic heterocycles. The predicted octanol–water partition coefficient (Wildman–Crippen LogP) is 2.66. The van der Waals surface area contributed by atoms with Gasteiger partial charge < -0.3 is 0 Å². The van der Waals surface area contributed by atoms with Crippen LogP contribution in [0.15, 0.2) is 24.3 Å². The number of benzene rings is 1. The zero-order chi connectivity index (χ0) is 15.5. The molecule has 0 bridgehead atoms. The van der Waals surface area contributed by atoms with Crippen LogP contribution in [0, 0.1) is 5.92 Å². The lowest BCUT2D eigenvalue weighted by Crippen LogP contribution is -2.41. The molecule has 0 unspecified atom stereocenters. The number of sulfonamides is 1. The minimum absolute atomic E-state index is 0.296. The van der Waals surface area contributed by atoms with Gasteiger partial charge in [0.15, 0.2) is 0 Å². The molecular formula is C15H23ClN2O2S. The van der Waals surface area contributed by atoms with Gasteiger partial charge in [-0.15, -0.1) is 0 Å². The number of hydrogen-bond acceptors (Lipinski definition) is 3. The first kappa shape index (κ1) is 16.7. The van der Waals surface area contributed by atoms with Crippen molar-refractivity contribution >= 4 is 21.6 Å². The summed E-state index contributed by atoms with van der Waals surface area (Å²) in [7, 11) is -3.10. The molecule has 0 spiro atoms. The van der Waals surface area contributed by atoms with E-state index in [-0.39, 0.29) is 0 Å². The molecule has 1 N–H and O–H groups in total. The summed E-state index contributed by atoms with van der Waals surface area (Å²) in [5.41, 5.74) is 1.21. The lowest BCUT2D eigenvalue weighted by molar-refractivity contribution is 0.133. The smallest absolute Gasteiger partial charge is 0.208 e. The quantitative estimate of drug-likeness (QED) is 0.903. The van der Waals surface area contributed by atoms with Gasteiger partial charge in [-0.05, 0) is 49.9 Å². The molecule has 2 atom stereocenters. The third kappa shape index (κ3) is 5.25. The van der Waals surface area contributed by atoms with Crippen molar-refractivity contribution in [1.82, 2.24) is 9.62 Å². The summed E-state index contributed by atoms with van der Waals surface area (Å²) in [5, 5.41) is 0.756. The minimum Gasteiger partial charge on any atom is -0.296 e. The van der Waals surface area contributed by atoms with Crippen LogP contribution in [0.2, 0.25) is 5.02 Å². The Morgan fingerprint density at radius 2 is 2.24 bits per heavy atom. The number of halogens is 1. The molecule has 1 heterocycles. The molecular weight excluding hydrogens is 308 g/mol. The normalized spacial score (nSPS) is 22.1. The molecule has 0 amide bonds. The number of hydrogen-bond donors (Lipinski definition) is 1. The Balaban J connectivity index is 1.97. The summed E-state index contributed by atoms with van der Waals surface area (Å²) in [6, 6.07) is 8.25. The third-order valence-corrected chi connectivity index (χ3v) is 4.99. The van der Waals surface area contributed by atoms with Crippen LogP contribution in [0.4, 0.5) is 0 Å². The minimum atomic E-state index is -3.10. The Morgan fingerprint density at radius 1 is 1.48 bits per heavy atom. The second-order valence-corrected chi connectivity index (χ2v) is 8.12. The molecule has 1 aromatic carbocycles. The van der Waals surface area contributed by atoms with Crippen molar-refractivity contribution in [2.24, 2.45) is 5.92 Å². The van der Waals surface area contributed by atoms with Crippen LogP contribution in [0.1, 0.15) is 31.4 Å². The number of nitrogens with one attached hydrogen (secondary N) is 1. The van der Waals surface area contributed by atoms with E-state index in [4.69, 9.17) is 11.6 Å². The first-order chi connectivity index (χ1) is 9.85. The van der Waals surface area contributed by atoms with Crippen molar-refractivity contribution in [3.8, 4) is 0 Å². The molecule has 2 rings (SSSR count).